The van der Waals surface area contributed by atoms with E-state index in [1.165, 1.54) is 19.3 Å². The first-order chi connectivity index (χ1) is 8.69. The van der Waals surface area contributed by atoms with E-state index in [9.17, 15) is 4.79 Å². The highest BCUT2D eigenvalue weighted by Crippen LogP contribution is 2.24. The van der Waals surface area contributed by atoms with Crippen molar-refractivity contribution in [3.05, 3.63) is 11.8 Å². The van der Waals surface area contributed by atoms with Gasteiger partial charge in [0.05, 0.1) is 6.61 Å². The van der Waals surface area contributed by atoms with E-state index in [0.29, 0.717) is 12.6 Å². The van der Waals surface area contributed by atoms with Gasteiger partial charge in [-0.1, -0.05) is 25.2 Å². The summed E-state index contributed by atoms with van der Waals surface area (Å²) in [6.45, 7) is 5.97. The van der Waals surface area contributed by atoms with Crippen molar-refractivity contribution in [3.8, 4) is 12.0 Å². The van der Waals surface area contributed by atoms with E-state index in [4.69, 9.17) is 4.74 Å². The first-order valence-corrected chi connectivity index (χ1v) is 6.75. The van der Waals surface area contributed by atoms with Gasteiger partial charge < -0.3 is 9.64 Å². The molecule has 0 spiro atoms. The third kappa shape index (κ3) is 4.44. The average Bonchev–Trinajstić information content (AvgIpc) is 2.37. The number of allylic oxidation sites excluding steroid dienone is 1. The molecule has 0 aliphatic heterocycles. The Labute approximate surface area is 110 Å². The van der Waals surface area contributed by atoms with Crippen molar-refractivity contribution >= 4 is 5.97 Å². The van der Waals surface area contributed by atoms with Crippen LogP contribution >= 0.6 is 0 Å². The maximum absolute atomic E-state index is 11.5. The molecule has 0 unspecified atom stereocenters. The highest BCUT2D eigenvalue weighted by Gasteiger charge is 2.20. The van der Waals surface area contributed by atoms with Crippen molar-refractivity contribution in [1.82, 2.24) is 4.90 Å². The van der Waals surface area contributed by atoms with Gasteiger partial charge in [-0.05, 0) is 33.6 Å². The molecule has 1 rings (SSSR count). The lowest BCUT2D eigenvalue weighted by molar-refractivity contribution is -0.137. The normalized spacial score (nSPS) is 16.7. The fourth-order valence-corrected chi connectivity index (χ4v) is 2.35. The van der Waals surface area contributed by atoms with Gasteiger partial charge in [0.25, 0.3) is 0 Å². The van der Waals surface area contributed by atoms with Crippen molar-refractivity contribution < 1.29 is 9.53 Å². The zero-order valence-corrected chi connectivity index (χ0v) is 11.7. The Bertz CT molecular complexity index is 356. The minimum atomic E-state index is -0.284. The predicted molar refractivity (Wildman–Crippen MR) is 72.6 cm³/mol. The molecule has 1 fully saturated rings. The van der Waals surface area contributed by atoms with Crippen molar-refractivity contribution in [2.75, 3.05) is 6.61 Å². The lowest BCUT2D eigenvalue weighted by Crippen LogP contribution is -2.32. The molecule has 1 aliphatic carbocycles. The minimum absolute atomic E-state index is 0.284. The molecule has 0 atom stereocenters. The van der Waals surface area contributed by atoms with Gasteiger partial charge in [0.15, 0.2) is 0 Å². The first-order valence-electron chi connectivity index (χ1n) is 6.75. The van der Waals surface area contributed by atoms with Gasteiger partial charge in [-0.15, -0.1) is 0 Å². The Morgan fingerprint density at radius 1 is 1.39 bits per heavy atom. The number of carbonyl (C=O) groups excluding carboxylic acids is 1. The SMILES string of the molecule is CC#CN(/C(C)=C\C(=O)OCC)C1CCCCC1. The zero-order chi connectivity index (χ0) is 13.4. The van der Waals surface area contributed by atoms with E-state index in [1.54, 1.807) is 6.08 Å². The van der Waals surface area contributed by atoms with Crippen LogP contribution in [0.15, 0.2) is 11.8 Å². The number of carbonyl (C=O) groups is 1. The summed E-state index contributed by atoms with van der Waals surface area (Å²) in [4.78, 5) is 13.5. The van der Waals surface area contributed by atoms with Crippen LogP contribution in [0.2, 0.25) is 0 Å². The second-order valence-corrected chi connectivity index (χ2v) is 4.56. The molecular formula is C15H23NO2. The molecule has 100 valence electrons. The molecule has 0 aromatic heterocycles. The van der Waals surface area contributed by atoms with E-state index in [1.807, 2.05) is 25.7 Å². The molecule has 0 bridgehead atoms. The van der Waals surface area contributed by atoms with Crippen LogP contribution in [0.1, 0.15) is 52.9 Å². The summed E-state index contributed by atoms with van der Waals surface area (Å²) in [6, 6.07) is 3.55. The largest absolute Gasteiger partial charge is 0.463 e. The summed E-state index contributed by atoms with van der Waals surface area (Å²) in [5.41, 5.74) is 0.884. The van der Waals surface area contributed by atoms with E-state index in [0.717, 1.165) is 18.5 Å². The molecule has 0 saturated heterocycles. The predicted octanol–water partition coefficient (Wildman–Crippen LogP) is 3.07. The Morgan fingerprint density at radius 3 is 2.61 bits per heavy atom. The fourth-order valence-electron chi connectivity index (χ4n) is 2.35. The lowest BCUT2D eigenvalue weighted by atomic mass is 9.94. The number of esters is 1. The third-order valence-electron chi connectivity index (χ3n) is 3.17. The van der Waals surface area contributed by atoms with Crippen LogP contribution in [0.25, 0.3) is 0 Å². The molecule has 1 saturated carbocycles. The second-order valence-electron chi connectivity index (χ2n) is 4.56. The Hall–Kier alpha value is -1.43. The van der Waals surface area contributed by atoms with Crippen LogP contribution < -0.4 is 0 Å². The van der Waals surface area contributed by atoms with Gasteiger partial charge in [0.2, 0.25) is 0 Å². The molecular weight excluding hydrogens is 226 g/mol. The van der Waals surface area contributed by atoms with E-state index >= 15 is 0 Å². The molecule has 3 heteroatoms. The molecule has 0 radical (unpaired) electrons. The number of ether oxygens (including phenoxy) is 1. The van der Waals surface area contributed by atoms with E-state index in [2.05, 4.69) is 12.0 Å². The Balaban J connectivity index is 2.75. The molecule has 1 aliphatic rings. The summed E-state index contributed by atoms with van der Waals surface area (Å²) in [5, 5.41) is 0. The smallest absolute Gasteiger partial charge is 0.332 e. The second kappa shape index (κ2) is 7.81. The number of hydrogen-bond donors (Lipinski definition) is 0. The lowest BCUT2D eigenvalue weighted by Gasteiger charge is -2.31. The summed E-state index contributed by atoms with van der Waals surface area (Å²) in [7, 11) is 0. The van der Waals surface area contributed by atoms with Crippen LogP contribution in [0.5, 0.6) is 0 Å². The molecule has 3 nitrogen and oxygen atoms in total. The molecule has 0 heterocycles. The summed E-state index contributed by atoms with van der Waals surface area (Å²) in [6.07, 6.45) is 7.66. The molecule has 0 N–H and O–H groups in total. The van der Waals surface area contributed by atoms with Crippen molar-refractivity contribution in [3.63, 3.8) is 0 Å². The van der Waals surface area contributed by atoms with Gasteiger partial charge >= 0.3 is 5.97 Å². The standard InChI is InChI=1S/C15H23NO2/c1-4-11-16(14-9-7-6-8-10-14)13(3)12-15(17)18-5-2/h12,14H,5-10H2,1-3H3/b13-12-. The quantitative estimate of drug-likeness (QED) is 0.332. The number of rotatable bonds is 4. The fraction of sp³-hybridized carbons (Fsp3) is 0.667. The van der Waals surface area contributed by atoms with Gasteiger partial charge in [-0.2, -0.15) is 0 Å². The summed E-state index contributed by atoms with van der Waals surface area (Å²) in [5.74, 6) is 2.65. The Morgan fingerprint density at radius 2 is 2.06 bits per heavy atom. The van der Waals surface area contributed by atoms with Gasteiger partial charge in [-0.25, -0.2) is 4.79 Å². The molecule has 0 amide bonds. The maximum Gasteiger partial charge on any atom is 0.332 e. The number of hydrogen-bond acceptors (Lipinski definition) is 3. The monoisotopic (exact) mass is 249 g/mol. The molecule has 0 aromatic carbocycles. The molecule has 0 aromatic rings. The third-order valence-corrected chi connectivity index (χ3v) is 3.17. The minimum Gasteiger partial charge on any atom is -0.463 e. The van der Waals surface area contributed by atoms with Crippen LogP contribution in [0, 0.1) is 12.0 Å². The highest BCUT2D eigenvalue weighted by atomic mass is 16.5. The first kappa shape index (κ1) is 14.6. The van der Waals surface area contributed by atoms with E-state index in [-0.39, 0.29) is 5.97 Å². The van der Waals surface area contributed by atoms with Crippen LogP contribution in [-0.4, -0.2) is 23.5 Å². The Kier molecular flexibility index (Phi) is 6.35. The maximum atomic E-state index is 11.5. The van der Waals surface area contributed by atoms with Crippen LogP contribution in [0.3, 0.4) is 0 Å². The number of nitrogens with zero attached hydrogens (tertiary/aromatic N) is 1. The molecule has 18 heavy (non-hydrogen) atoms. The zero-order valence-electron chi connectivity index (χ0n) is 11.7. The van der Waals surface area contributed by atoms with Gasteiger partial charge in [0.1, 0.15) is 0 Å². The van der Waals surface area contributed by atoms with Crippen molar-refractivity contribution in [2.45, 2.75) is 58.9 Å². The van der Waals surface area contributed by atoms with Crippen LogP contribution in [0.4, 0.5) is 0 Å². The van der Waals surface area contributed by atoms with Crippen LogP contribution in [-0.2, 0) is 9.53 Å². The highest BCUT2D eigenvalue weighted by molar-refractivity contribution is 5.82. The van der Waals surface area contributed by atoms with E-state index < -0.39 is 0 Å². The van der Waals surface area contributed by atoms with Gasteiger partial charge in [0, 0.05) is 23.9 Å². The summed E-state index contributed by atoms with van der Waals surface area (Å²) >= 11 is 0. The average molecular weight is 249 g/mol. The van der Waals surface area contributed by atoms with Crippen molar-refractivity contribution in [1.29, 1.82) is 0 Å². The van der Waals surface area contributed by atoms with Gasteiger partial charge in [-0.3, -0.25) is 0 Å². The topological polar surface area (TPSA) is 29.5 Å². The van der Waals surface area contributed by atoms with Crippen molar-refractivity contribution in [2.24, 2.45) is 0 Å². The summed E-state index contributed by atoms with van der Waals surface area (Å²) < 4.78 is 4.94.